The molecule has 2 bridgehead atoms. The van der Waals surface area contributed by atoms with Crippen LogP contribution in [0.2, 0.25) is 10.0 Å². The maximum atomic E-state index is 12.9. The monoisotopic (exact) mass is 484 g/mol. The highest BCUT2D eigenvalue weighted by Crippen LogP contribution is 2.49. The van der Waals surface area contributed by atoms with Gasteiger partial charge in [0.25, 0.3) is 11.8 Å². The number of fused-ring (bicyclic) bond motifs is 1. The Bertz CT molecular complexity index is 1150. The van der Waals surface area contributed by atoms with Crippen molar-refractivity contribution in [1.82, 2.24) is 5.01 Å². The lowest BCUT2D eigenvalue weighted by Crippen LogP contribution is -2.38. The molecule has 2 amide bonds. The molecule has 1 heterocycles. The second-order valence-electron chi connectivity index (χ2n) is 8.51. The molecule has 1 aliphatic heterocycles. The lowest BCUT2D eigenvalue weighted by atomic mass is 9.63. The molecule has 6 nitrogen and oxygen atoms in total. The fourth-order valence-electron chi connectivity index (χ4n) is 4.97. The van der Waals surface area contributed by atoms with Gasteiger partial charge in [0, 0.05) is 15.6 Å². The third kappa shape index (κ3) is 4.02. The van der Waals surface area contributed by atoms with Crippen LogP contribution in [0.3, 0.4) is 0 Å². The van der Waals surface area contributed by atoms with Gasteiger partial charge in [0.15, 0.2) is 11.5 Å². The molecule has 0 aromatic heterocycles. The van der Waals surface area contributed by atoms with E-state index in [4.69, 9.17) is 32.7 Å². The Labute approximate surface area is 201 Å². The first-order valence-corrected chi connectivity index (χ1v) is 11.6. The largest absolute Gasteiger partial charge is 0.493 e. The van der Waals surface area contributed by atoms with Crippen LogP contribution in [-0.2, 0) is 16.2 Å². The quantitative estimate of drug-likeness (QED) is 0.324. The summed E-state index contributed by atoms with van der Waals surface area (Å²) in [5.74, 6) is 0.359. The van der Waals surface area contributed by atoms with Crippen molar-refractivity contribution in [2.24, 2.45) is 28.8 Å². The number of ether oxygens (including phenoxy) is 2. The molecule has 4 atom stereocenters. The molecule has 2 aromatic carbocycles. The summed E-state index contributed by atoms with van der Waals surface area (Å²) in [6.45, 7) is 0.246. The van der Waals surface area contributed by atoms with Gasteiger partial charge in [0.1, 0.15) is 6.61 Å². The van der Waals surface area contributed by atoms with Gasteiger partial charge in [-0.05, 0) is 60.6 Å². The Morgan fingerprint density at radius 2 is 1.70 bits per heavy atom. The van der Waals surface area contributed by atoms with E-state index < -0.39 is 0 Å². The van der Waals surface area contributed by atoms with Crippen LogP contribution in [0.25, 0.3) is 0 Å². The first-order chi connectivity index (χ1) is 16.0. The van der Waals surface area contributed by atoms with Crippen LogP contribution in [0.4, 0.5) is 0 Å². The molecule has 33 heavy (non-hydrogen) atoms. The highest BCUT2D eigenvalue weighted by Gasteiger charge is 2.56. The number of amides is 2. The second-order valence-corrected chi connectivity index (χ2v) is 9.35. The molecule has 1 saturated heterocycles. The number of methoxy groups -OCH3 is 1. The van der Waals surface area contributed by atoms with E-state index in [0.717, 1.165) is 23.4 Å². The standard InChI is InChI=1S/C25H22Cl2N2O4/c1-32-21-10-14(2-9-20(21)33-13-17-7-8-18(26)11-19(17)27)12-28-29-24(30)22-15-3-4-16(6-5-15)23(22)25(29)31/h2-4,7-12,15-16,22-23H,5-6,13H2,1H3/b28-12-/t15-,16-,22-,23-/m0/s1. The Morgan fingerprint density at radius 3 is 2.30 bits per heavy atom. The molecule has 0 spiro atoms. The lowest BCUT2D eigenvalue weighted by Gasteiger charge is -2.37. The molecule has 2 aromatic rings. The fourth-order valence-corrected chi connectivity index (χ4v) is 5.44. The van der Waals surface area contributed by atoms with Crippen LogP contribution in [0.1, 0.15) is 24.0 Å². The Morgan fingerprint density at radius 1 is 1.00 bits per heavy atom. The van der Waals surface area contributed by atoms with Crippen molar-refractivity contribution < 1.29 is 19.1 Å². The van der Waals surface area contributed by atoms with Crippen molar-refractivity contribution in [3.8, 4) is 11.5 Å². The van der Waals surface area contributed by atoms with Crippen LogP contribution in [0.5, 0.6) is 11.5 Å². The number of carbonyl (C=O) groups excluding carboxylic acids is 2. The lowest BCUT2D eigenvalue weighted by molar-refractivity contribution is -0.140. The van der Waals surface area contributed by atoms with Crippen LogP contribution in [-0.4, -0.2) is 30.1 Å². The summed E-state index contributed by atoms with van der Waals surface area (Å²) in [6.07, 6.45) is 7.60. The van der Waals surface area contributed by atoms with E-state index in [1.165, 1.54) is 6.21 Å². The van der Waals surface area contributed by atoms with Crippen molar-refractivity contribution in [2.45, 2.75) is 19.4 Å². The molecule has 2 fully saturated rings. The van der Waals surface area contributed by atoms with E-state index in [1.807, 2.05) is 6.07 Å². The van der Waals surface area contributed by atoms with Gasteiger partial charge in [0.05, 0.1) is 25.2 Å². The normalized spacial score (nSPS) is 25.7. The summed E-state index contributed by atoms with van der Waals surface area (Å²) >= 11 is 12.2. The van der Waals surface area contributed by atoms with Crippen LogP contribution in [0, 0.1) is 23.7 Å². The van der Waals surface area contributed by atoms with Gasteiger partial charge >= 0.3 is 0 Å². The van der Waals surface area contributed by atoms with Gasteiger partial charge in [0.2, 0.25) is 0 Å². The molecule has 170 valence electrons. The third-order valence-electron chi connectivity index (χ3n) is 6.64. The molecule has 0 N–H and O–H groups in total. The number of carbonyl (C=O) groups is 2. The summed E-state index contributed by atoms with van der Waals surface area (Å²) in [5, 5.41) is 6.38. The minimum atomic E-state index is -0.275. The predicted molar refractivity (Wildman–Crippen MR) is 126 cm³/mol. The molecule has 0 unspecified atom stereocenters. The van der Waals surface area contributed by atoms with Crippen molar-refractivity contribution in [3.63, 3.8) is 0 Å². The highest BCUT2D eigenvalue weighted by atomic mass is 35.5. The van der Waals surface area contributed by atoms with E-state index >= 15 is 0 Å². The summed E-state index contributed by atoms with van der Waals surface area (Å²) in [6, 6.07) is 10.5. The minimum Gasteiger partial charge on any atom is -0.493 e. The summed E-state index contributed by atoms with van der Waals surface area (Å²) < 4.78 is 11.3. The van der Waals surface area contributed by atoms with E-state index in [9.17, 15) is 9.59 Å². The Kier molecular flexibility index (Phi) is 5.89. The maximum absolute atomic E-state index is 12.9. The van der Waals surface area contributed by atoms with Gasteiger partial charge in [-0.1, -0.05) is 41.4 Å². The van der Waals surface area contributed by atoms with Gasteiger partial charge in [-0.25, -0.2) is 0 Å². The van der Waals surface area contributed by atoms with E-state index in [2.05, 4.69) is 17.3 Å². The number of hydrogen-bond donors (Lipinski definition) is 0. The van der Waals surface area contributed by atoms with Gasteiger partial charge < -0.3 is 9.47 Å². The predicted octanol–water partition coefficient (Wildman–Crippen LogP) is 5.11. The number of benzene rings is 2. The topological polar surface area (TPSA) is 68.2 Å². The number of nitrogens with zero attached hydrogens (tertiary/aromatic N) is 2. The molecule has 1 saturated carbocycles. The fraction of sp³-hybridized carbons (Fsp3) is 0.320. The molecule has 4 aliphatic rings. The smallest absolute Gasteiger partial charge is 0.254 e. The van der Waals surface area contributed by atoms with Crippen molar-refractivity contribution in [1.29, 1.82) is 0 Å². The van der Waals surface area contributed by atoms with Crippen molar-refractivity contribution in [2.75, 3.05) is 7.11 Å². The Balaban J connectivity index is 1.30. The first kappa shape index (κ1) is 22.0. The average molecular weight is 485 g/mol. The van der Waals surface area contributed by atoms with Crippen LogP contribution < -0.4 is 9.47 Å². The molecule has 3 aliphatic carbocycles. The number of allylic oxidation sites excluding steroid dienone is 2. The Hall–Kier alpha value is -2.83. The number of halogens is 2. The maximum Gasteiger partial charge on any atom is 0.254 e. The zero-order valence-corrected chi connectivity index (χ0v) is 19.4. The molecule has 6 rings (SSSR count). The van der Waals surface area contributed by atoms with Crippen LogP contribution >= 0.6 is 23.2 Å². The number of rotatable bonds is 6. The van der Waals surface area contributed by atoms with Gasteiger partial charge in [-0.3, -0.25) is 9.59 Å². The minimum absolute atomic E-state index is 0.141. The van der Waals surface area contributed by atoms with Gasteiger partial charge in [-0.2, -0.15) is 10.1 Å². The zero-order valence-electron chi connectivity index (χ0n) is 17.9. The molecule has 8 heteroatoms. The third-order valence-corrected chi connectivity index (χ3v) is 7.23. The molecular formula is C25H22Cl2N2O4. The van der Waals surface area contributed by atoms with E-state index in [0.29, 0.717) is 27.1 Å². The van der Waals surface area contributed by atoms with Crippen molar-refractivity contribution >= 4 is 41.2 Å². The molecular weight excluding hydrogens is 463 g/mol. The zero-order chi connectivity index (χ0) is 23.1. The van der Waals surface area contributed by atoms with Gasteiger partial charge in [-0.15, -0.1) is 0 Å². The number of imide groups is 1. The summed E-state index contributed by atoms with van der Waals surface area (Å²) in [7, 11) is 1.54. The first-order valence-electron chi connectivity index (χ1n) is 10.8. The average Bonchev–Trinajstić information content (AvgIpc) is 3.10. The number of hydrazone groups is 1. The van der Waals surface area contributed by atoms with Crippen molar-refractivity contribution in [3.05, 3.63) is 69.7 Å². The highest BCUT2D eigenvalue weighted by molar-refractivity contribution is 6.35. The van der Waals surface area contributed by atoms with Crippen LogP contribution in [0.15, 0.2) is 53.7 Å². The summed E-state index contributed by atoms with van der Waals surface area (Å²) in [5.41, 5.74) is 1.48. The SMILES string of the molecule is COc1cc(/C=N\N2C(=O)[C@@H]3[C@@H](C2=O)[C@H]2C=C[C@H]3CC2)ccc1OCc1ccc(Cl)cc1Cl. The summed E-state index contributed by atoms with van der Waals surface area (Å²) in [4.78, 5) is 25.8. The van der Waals surface area contributed by atoms with E-state index in [-0.39, 0.29) is 42.1 Å². The van der Waals surface area contributed by atoms with E-state index in [1.54, 1.807) is 37.4 Å². The molecule has 0 radical (unpaired) electrons. The number of hydrogen-bond acceptors (Lipinski definition) is 5. The second kappa shape index (κ2) is 8.84.